The normalized spacial score (nSPS) is 12.0. The molecule has 0 radical (unpaired) electrons. The fourth-order valence-electron chi connectivity index (χ4n) is 2.49. The smallest absolute Gasteiger partial charge is 0.277 e. The Hall–Kier alpha value is -2.65. The minimum Gasteiger partial charge on any atom is -0.411 e. The molecule has 1 atom stereocenters. The molecule has 7 nitrogen and oxygen atoms in total. The van der Waals surface area contributed by atoms with Gasteiger partial charge in [-0.2, -0.15) is 0 Å². The van der Waals surface area contributed by atoms with Crippen LogP contribution in [0.3, 0.4) is 0 Å². The molecule has 0 spiro atoms. The van der Waals surface area contributed by atoms with Crippen LogP contribution in [0.2, 0.25) is 0 Å². The Morgan fingerprint density at radius 1 is 1.22 bits per heavy atom. The van der Waals surface area contributed by atoms with E-state index in [1.54, 1.807) is 18.4 Å². The zero-order chi connectivity index (χ0) is 19.6. The molecule has 0 aliphatic carbocycles. The number of primary amides is 1. The van der Waals surface area contributed by atoms with E-state index in [1.165, 1.54) is 11.3 Å². The van der Waals surface area contributed by atoms with Crippen molar-refractivity contribution in [3.05, 3.63) is 46.3 Å². The Labute approximate surface area is 164 Å². The van der Waals surface area contributed by atoms with E-state index >= 15 is 0 Å². The summed E-state index contributed by atoms with van der Waals surface area (Å²) in [5, 5.41) is 12.7. The first-order chi connectivity index (χ1) is 12.8. The maximum atomic E-state index is 12.4. The summed E-state index contributed by atoms with van der Waals surface area (Å²) in [6.07, 6.45) is 0. The second kappa shape index (κ2) is 7.93. The van der Waals surface area contributed by atoms with Crippen LogP contribution in [0, 0.1) is 13.8 Å². The number of hydrogen-bond acceptors (Lipinski definition) is 7. The maximum absolute atomic E-state index is 12.4. The summed E-state index contributed by atoms with van der Waals surface area (Å²) in [6.45, 7) is 5.72. The fourth-order valence-corrected chi connectivity index (χ4v) is 3.97. The summed E-state index contributed by atoms with van der Waals surface area (Å²) in [4.78, 5) is 23.7. The van der Waals surface area contributed by atoms with Crippen LogP contribution in [0.25, 0.3) is 11.5 Å². The Morgan fingerprint density at radius 3 is 2.59 bits per heavy atom. The lowest BCUT2D eigenvalue weighted by Crippen LogP contribution is -2.23. The van der Waals surface area contributed by atoms with E-state index in [2.05, 4.69) is 21.6 Å². The second-order valence-electron chi connectivity index (χ2n) is 6.03. The Kier molecular flexibility index (Phi) is 5.62. The molecule has 0 bridgehead atoms. The number of hydrogen-bond donors (Lipinski definition) is 2. The number of aromatic nitrogens is 2. The van der Waals surface area contributed by atoms with E-state index < -0.39 is 11.2 Å². The Balaban J connectivity index is 1.68. The Bertz CT molecular complexity index is 976. The molecule has 2 heterocycles. The third-order valence-corrected chi connectivity index (χ3v) is 5.45. The van der Waals surface area contributed by atoms with Gasteiger partial charge in [0.1, 0.15) is 5.00 Å². The molecule has 140 valence electrons. The van der Waals surface area contributed by atoms with Crippen molar-refractivity contribution < 1.29 is 14.0 Å². The van der Waals surface area contributed by atoms with Gasteiger partial charge in [-0.1, -0.05) is 29.0 Å². The molecule has 2 aromatic heterocycles. The van der Waals surface area contributed by atoms with Crippen molar-refractivity contribution >= 4 is 39.9 Å². The van der Waals surface area contributed by atoms with E-state index in [1.807, 2.05) is 26.0 Å². The quantitative estimate of drug-likeness (QED) is 0.609. The van der Waals surface area contributed by atoms with Crippen molar-refractivity contribution in [2.75, 3.05) is 5.32 Å². The number of nitrogens with one attached hydrogen (secondary N) is 1. The number of carbonyl (C=O) groups excluding carboxylic acids is 2. The third-order valence-electron chi connectivity index (χ3n) is 3.69. The van der Waals surface area contributed by atoms with Gasteiger partial charge in [-0.05, 0) is 44.4 Å². The van der Waals surface area contributed by atoms with Crippen LogP contribution in [-0.2, 0) is 4.79 Å². The number of carbonyl (C=O) groups is 2. The van der Waals surface area contributed by atoms with Crippen molar-refractivity contribution in [3.63, 3.8) is 0 Å². The van der Waals surface area contributed by atoms with Crippen LogP contribution in [-0.4, -0.2) is 27.3 Å². The van der Waals surface area contributed by atoms with E-state index in [-0.39, 0.29) is 5.91 Å². The number of benzene rings is 1. The molecule has 9 heteroatoms. The number of rotatable bonds is 6. The molecule has 1 aromatic carbocycles. The van der Waals surface area contributed by atoms with Gasteiger partial charge in [-0.15, -0.1) is 21.5 Å². The molecule has 27 heavy (non-hydrogen) atoms. The first-order valence-corrected chi connectivity index (χ1v) is 9.86. The Morgan fingerprint density at radius 2 is 1.93 bits per heavy atom. The highest BCUT2D eigenvalue weighted by Gasteiger charge is 2.21. The summed E-state index contributed by atoms with van der Waals surface area (Å²) < 4.78 is 5.69. The minimum absolute atomic E-state index is 0.281. The zero-order valence-corrected chi connectivity index (χ0v) is 16.6. The largest absolute Gasteiger partial charge is 0.411 e. The standard InChI is InChI=1S/C18H18N4O3S2/c1-9-6-10(2)8-12(7-9)16-21-22-18(25-16)27-11(3)15(24)20-17-13(14(19)23)4-5-26-17/h4-8,11H,1-3H3,(H2,19,23)(H,20,24)/t11-/m0/s1. The summed E-state index contributed by atoms with van der Waals surface area (Å²) in [5.74, 6) is -0.455. The lowest BCUT2D eigenvalue weighted by molar-refractivity contribution is -0.115. The van der Waals surface area contributed by atoms with E-state index in [4.69, 9.17) is 10.2 Å². The van der Waals surface area contributed by atoms with Gasteiger partial charge in [0, 0.05) is 5.56 Å². The average Bonchev–Trinajstić information content (AvgIpc) is 3.23. The van der Waals surface area contributed by atoms with Crippen LogP contribution in [0.1, 0.15) is 28.4 Å². The van der Waals surface area contributed by atoms with Crippen molar-refractivity contribution in [1.82, 2.24) is 10.2 Å². The van der Waals surface area contributed by atoms with Gasteiger partial charge in [0.05, 0.1) is 10.8 Å². The van der Waals surface area contributed by atoms with E-state index in [0.717, 1.165) is 28.5 Å². The molecule has 3 N–H and O–H groups in total. The fraction of sp³-hybridized carbons (Fsp3) is 0.222. The number of aryl methyl sites for hydroxylation is 2. The average molecular weight is 403 g/mol. The van der Waals surface area contributed by atoms with Gasteiger partial charge in [-0.3, -0.25) is 9.59 Å². The number of nitrogens with two attached hydrogens (primary N) is 1. The highest BCUT2D eigenvalue weighted by atomic mass is 32.2. The van der Waals surface area contributed by atoms with Crippen molar-refractivity contribution in [2.24, 2.45) is 5.73 Å². The molecule has 0 unspecified atom stereocenters. The highest BCUT2D eigenvalue weighted by Crippen LogP contribution is 2.29. The number of nitrogens with zero attached hydrogens (tertiary/aromatic N) is 2. The third kappa shape index (κ3) is 4.55. The van der Waals surface area contributed by atoms with Gasteiger partial charge in [-0.25, -0.2) is 0 Å². The molecule has 3 rings (SSSR count). The van der Waals surface area contributed by atoms with Crippen molar-refractivity contribution in [2.45, 2.75) is 31.2 Å². The monoisotopic (exact) mass is 402 g/mol. The predicted molar refractivity (Wildman–Crippen MR) is 106 cm³/mol. The van der Waals surface area contributed by atoms with Crippen LogP contribution >= 0.6 is 23.1 Å². The topological polar surface area (TPSA) is 111 Å². The minimum atomic E-state index is -0.582. The molecule has 0 aliphatic heterocycles. The number of anilines is 1. The van der Waals surface area contributed by atoms with E-state index in [0.29, 0.717) is 21.7 Å². The molecular formula is C18H18N4O3S2. The van der Waals surface area contributed by atoms with Gasteiger partial charge in [0.15, 0.2) is 0 Å². The van der Waals surface area contributed by atoms with Crippen molar-refractivity contribution in [3.8, 4) is 11.5 Å². The van der Waals surface area contributed by atoms with Crippen molar-refractivity contribution in [1.29, 1.82) is 0 Å². The highest BCUT2D eigenvalue weighted by molar-refractivity contribution is 8.00. The summed E-state index contributed by atoms with van der Waals surface area (Å²) in [5.41, 5.74) is 8.63. The van der Waals surface area contributed by atoms with Gasteiger partial charge in [0.25, 0.3) is 11.1 Å². The molecule has 0 aliphatic rings. The lowest BCUT2D eigenvalue weighted by Gasteiger charge is -2.09. The van der Waals surface area contributed by atoms with E-state index in [9.17, 15) is 9.59 Å². The number of thioether (sulfide) groups is 1. The maximum Gasteiger partial charge on any atom is 0.277 e. The first kappa shape index (κ1) is 19.1. The molecule has 3 aromatic rings. The summed E-state index contributed by atoms with van der Waals surface area (Å²) in [7, 11) is 0. The number of thiophene rings is 1. The summed E-state index contributed by atoms with van der Waals surface area (Å²) >= 11 is 2.39. The molecular weight excluding hydrogens is 384 g/mol. The molecule has 0 saturated carbocycles. The first-order valence-electron chi connectivity index (χ1n) is 8.10. The molecule has 0 fully saturated rings. The van der Waals surface area contributed by atoms with Gasteiger partial charge >= 0.3 is 0 Å². The number of amides is 2. The van der Waals surface area contributed by atoms with Gasteiger partial charge < -0.3 is 15.5 Å². The predicted octanol–water partition coefficient (Wildman–Crippen LogP) is 3.63. The van der Waals surface area contributed by atoms with Gasteiger partial charge in [0.2, 0.25) is 11.8 Å². The summed E-state index contributed by atoms with van der Waals surface area (Å²) in [6, 6.07) is 7.57. The zero-order valence-electron chi connectivity index (χ0n) is 15.0. The van der Waals surface area contributed by atoms with Crippen LogP contribution < -0.4 is 11.1 Å². The second-order valence-corrected chi connectivity index (χ2v) is 8.23. The molecule has 0 saturated heterocycles. The lowest BCUT2D eigenvalue weighted by atomic mass is 10.1. The van der Waals surface area contributed by atoms with Crippen LogP contribution in [0.15, 0.2) is 39.3 Å². The molecule has 2 amide bonds. The SMILES string of the molecule is Cc1cc(C)cc(-c2nnc(S[C@@H](C)C(=O)Nc3sccc3C(N)=O)o2)c1. The van der Waals surface area contributed by atoms with Crippen LogP contribution in [0.5, 0.6) is 0 Å². The van der Waals surface area contributed by atoms with Crippen LogP contribution in [0.4, 0.5) is 5.00 Å².